The van der Waals surface area contributed by atoms with Gasteiger partial charge in [0, 0.05) is 6.42 Å². The molecule has 0 bridgehead atoms. The van der Waals surface area contributed by atoms with Gasteiger partial charge in [-0.25, -0.2) is 9.97 Å². The van der Waals surface area contributed by atoms with E-state index in [1.165, 1.54) is 12.4 Å². The molecule has 1 rings (SSSR count). The van der Waals surface area contributed by atoms with E-state index in [1.807, 2.05) is 0 Å². The summed E-state index contributed by atoms with van der Waals surface area (Å²) >= 11 is 0. The van der Waals surface area contributed by atoms with Crippen molar-refractivity contribution in [2.45, 2.75) is 13.3 Å². The van der Waals surface area contributed by atoms with E-state index < -0.39 is 0 Å². The van der Waals surface area contributed by atoms with Crippen LogP contribution >= 0.6 is 0 Å². The zero-order chi connectivity index (χ0) is 8.97. The van der Waals surface area contributed by atoms with Crippen molar-refractivity contribution in [3.05, 3.63) is 12.4 Å². The number of carbonyl (C=O) groups is 1. The highest BCUT2D eigenvalue weighted by Gasteiger charge is 1.98. The van der Waals surface area contributed by atoms with Gasteiger partial charge in [0.05, 0.1) is 18.1 Å². The van der Waals surface area contributed by atoms with Crippen molar-refractivity contribution in [1.29, 1.82) is 0 Å². The smallest absolute Gasteiger partial charge is 0.224 e. The molecule has 0 aliphatic heterocycles. The molecule has 0 unspecified atom stereocenters. The number of anilines is 2. The first-order valence-electron chi connectivity index (χ1n) is 3.59. The predicted octanol–water partition coefficient (Wildman–Crippen LogP) is 0.407. The Bertz CT molecular complexity index is 269. The number of nitrogen functional groups attached to an aromatic ring is 1. The molecule has 5 nitrogen and oxygen atoms in total. The highest BCUT2D eigenvalue weighted by atomic mass is 16.1. The van der Waals surface area contributed by atoms with Crippen molar-refractivity contribution in [1.82, 2.24) is 9.97 Å². The summed E-state index contributed by atoms with van der Waals surface area (Å²) < 4.78 is 0. The Morgan fingerprint density at radius 3 is 2.67 bits per heavy atom. The number of carbonyl (C=O) groups excluding carboxylic acids is 1. The minimum absolute atomic E-state index is 0.0663. The molecule has 1 heterocycles. The molecule has 0 aliphatic rings. The zero-order valence-corrected chi connectivity index (χ0v) is 6.74. The first kappa shape index (κ1) is 8.45. The molecule has 0 saturated carbocycles. The van der Waals surface area contributed by atoms with E-state index in [0.29, 0.717) is 12.1 Å². The van der Waals surface area contributed by atoms with Crippen LogP contribution in [0.25, 0.3) is 0 Å². The molecule has 12 heavy (non-hydrogen) atoms. The van der Waals surface area contributed by atoms with Crippen LogP contribution in [0.1, 0.15) is 13.3 Å². The van der Waals surface area contributed by atoms with Crippen LogP contribution in [0.2, 0.25) is 0 Å². The van der Waals surface area contributed by atoms with E-state index in [9.17, 15) is 4.79 Å². The van der Waals surface area contributed by atoms with Gasteiger partial charge < -0.3 is 11.1 Å². The quantitative estimate of drug-likeness (QED) is 0.666. The maximum absolute atomic E-state index is 10.9. The Morgan fingerprint density at radius 1 is 1.58 bits per heavy atom. The maximum atomic E-state index is 10.9. The number of amides is 1. The lowest BCUT2D eigenvalue weighted by atomic mass is 10.4. The average molecular weight is 166 g/mol. The van der Waals surface area contributed by atoms with Gasteiger partial charge >= 0.3 is 0 Å². The van der Waals surface area contributed by atoms with Crippen LogP contribution in [0.3, 0.4) is 0 Å². The molecular weight excluding hydrogens is 156 g/mol. The van der Waals surface area contributed by atoms with Crippen LogP contribution in [0.4, 0.5) is 11.6 Å². The first-order valence-corrected chi connectivity index (χ1v) is 3.59. The van der Waals surface area contributed by atoms with Crippen molar-refractivity contribution in [2.75, 3.05) is 11.1 Å². The number of rotatable bonds is 2. The fourth-order valence-electron chi connectivity index (χ4n) is 0.652. The molecule has 0 saturated heterocycles. The Balaban J connectivity index is 2.64. The largest absolute Gasteiger partial charge is 0.368 e. The lowest BCUT2D eigenvalue weighted by Gasteiger charge is -2.00. The summed E-state index contributed by atoms with van der Waals surface area (Å²) in [7, 11) is 0. The topological polar surface area (TPSA) is 80.9 Å². The van der Waals surface area contributed by atoms with Gasteiger partial charge in [-0.05, 0) is 0 Å². The first-order chi connectivity index (χ1) is 5.72. The summed E-state index contributed by atoms with van der Waals surface area (Å²) in [4.78, 5) is 18.3. The lowest BCUT2D eigenvalue weighted by molar-refractivity contribution is -0.115. The Morgan fingerprint density at radius 2 is 2.17 bits per heavy atom. The molecule has 0 fully saturated rings. The number of aromatic nitrogens is 2. The molecule has 5 heteroatoms. The van der Waals surface area contributed by atoms with Crippen LogP contribution in [0.5, 0.6) is 0 Å². The minimum atomic E-state index is -0.0663. The van der Waals surface area contributed by atoms with Crippen LogP contribution < -0.4 is 11.1 Å². The van der Waals surface area contributed by atoms with Gasteiger partial charge in [0.25, 0.3) is 0 Å². The predicted molar refractivity (Wildman–Crippen MR) is 45.4 cm³/mol. The molecule has 64 valence electrons. The van der Waals surface area contributed by atoms with Gasteiger partial charge in [-0.2, -0.15) is 0 Å². The molecule has 0 spiro atoms. The second-order valence-electron chi connectivity index (χ2n) is 2.23. The normalized spacial score (nSPS) is 9.42. The fraction of sp³-hybridized carbons (Fsp3) is 0.286. The van der Waals surface area contributed by atoms with E-state index in [2.05, 4.69) is 15.3 Å². The third-order valence-corrected chi connectivity index (χ3v) is 1.28. The molecule has 1 aromatic rings. The average Bonchev–Trinajstić information content (AvgIpc) is 2.09. The van der Waals surface area contributed by atoms with Gasteiger partial charge in [-0.3, -0.25) is 4.79 Å². The summed E-state index contributed by atoms with van der Waals surface area (Å²) in [5.74, 6) is 0.132. The van der Waals surface area contributed by atoms with Gasteiger partial charge in [0.15, 0.2) is 0 Å². The third kappa shape index (κ3) is 2.19. The molecular formula is C7H10N4O. The summed E-state index contributed by atoms with van der Waals surface area (Å²) in [6.07, 6.45) is 3.37. The van der Waals surface area contributed by atoms with Crippen LogP contribution in [-0.2, 0) is 4.79 Å². The van der Waals surface area contributed by atoms with Gasteiger partial charge in [0.2, 0.25) is 11.9 Å². The molecule has 1 aromatic heterocycles. The highest BCUT2D eigenvalue weighted by Crippen LogP contribution is 2.03. The number of nitrogens with one attached hydrogen (secondary N) is 1. The van der Waals surface area contributed by atoms with Crippen molar-refractivity contribution >= 4 is 17.5 Å². The van der Waals surface area contributed by atoms with Crippen LogP contribution in [0.15, 0.2) is 12.4 Å². The molecule has 0 atom stereocenters. The van der Waals surface area contributed by atoms with Crippen molar-refractivity contribution < 1.29 is 4.79 Å². The van der Waals surface area contributed by atoms with E-state index in [1.54, 1.807) is 6.92 Å². The van der Waals surface area contributed by atoms with Crippen LogP contribution in [-0.4, -0.2) is 15.9 Å². The fourth-order valence-corrected chi connectivity index (χ4v) is 0.652. The van der Waals surface area contributed by atoms with Crippen LogP contribution in [0, 0.1) is 0 Å². The number of hydrogen-bond donors (Lipinski definition) is 2. The van der Waals surface area contributed by atoms with E-state index in [-0.39, 0.29) is 11.9 Å². The van der Waals surface area contributed by atoms with E-state index >= 15 is 0 Å². The SMILES string of the molecule is CCC(=O)Nc1cnc(N)nc1. The van der Waals surface area contributed by atoms with Crippen molar-refractivity contribution in [3.63, 3.8) is 0 Å². The Hall–Kier alpha value is -1.65. The van der Waals surface area contributed by atoms with Gasteiger partial charge in [-0.1, -0.05) is 6.92 Å². The van der Waals surface area contributed by atoms with Crippen molar-refractivity contribution in [3.8, 4) is 0 Å². The summed E-state index contributed by atoms with van der Waals surface area (Å²) in [5, 5.41) is 2.60. The standard InChI is InChI=1S/C7H10N4O/c1-2-6(12)11-5-3-9-7(8)10-4-5/h3-4H,2H2,1H3,(H,11,12)(H2,8,9,10). The second kappa shape index (κ2) is 3.66. The minimum Gasteiger partial charge on any atom is -0.368 e. The van der Waals surface area contributed by atoms with Gasteiger partial charge in [-0.15, -0.1) is 0 Å². The van der Waals surface area contributed by atoms with Gasteiger partial charge in [0.1, 0.15) is 0 Å². The maximum Gasteiger partial charge on any atom is 0.224 e. The highest BCUT2D eigenvalue weighted by molar-refractivity contribution is 5.90. The number of nitrogens with two attached hydrogens (primary N) is 1. The number of hydrogen-bond acceptors (Lipinski definition) is 4. The lowest BCUT2D eigenvalue weighted by Crippen LogP contribution is -2.10. The molecule has 3 N–H and O–H groups in total. The zero-order valence-electron chi connectivity index (χ0n) is 6.74. The molecule has 1 amide bonds. The summed E-state index contributed by atoms with van der Waals surface area (Å²) in [6, 6.07) is 0. The number of nitrogens with zero attached hydrogens (tertiary/aromatic N) is 2. The van der Waals surface area contributed by atoms with E-state index in [0.717, 1.165) is 0 Å². The van der Waals surface area contributed by atoms with E-state index in [4.69, 9.17) is 5.73 Å². The molecule has 0 aromatic carbocycles. The molecule has 0 radical (unpaired) electrons. The second-order valence-corrected chi connectivity index (χ2v) is 2.23. The van der Waals surface area contributed by atoms with Crippen molar-refractivity contribution in [2.24, 2.45) is 0 Å². The third-order valence-electron chi connectivity index (χ3n) is 1.28. The summed E-state index contributed by atoms with van der Waals surface area (Å²) in [6.45, 7) is 1.77. The summed E-state index contributed by atoms with van der Waals surface area (Å²) in [5.41, 5.74) is 5.82. The monoisotopic (exact) mass is 166 g/mol. The Labute approximate surface area is 70.0 Å². The Kier molecular flexibility index (Phi) is 2.57. The molecule has 0 aliphatic carbocycles.